The van der Waals surface area contributed by atoms with Gasteiger partial charge in [-0.3, -0.25) is 10.1 Å². The zero-order valence-electron chi connectivity index (χ0n) is 15.1. The second-order valence-electron chi connectivity index (χ2n) is 6.20. The van der Waals surface area contributed by atoms with Crippen LogP contribution in [0.2, 0.25) is 0 Å². The molecule has 0 unspecified atom stereocenters. The van der Waals surface area contributed by atoms with E-state index in [0.717, 1.165) is 21.6 Å². The van der Waals surface area contributed by atoms with Crippen LogP contribution in [0.25, 0.3) is 0 Å². The van der Waals surface area contributed by atoms with E-state index in [-0.39, 0.29) is 18.3 Å². The molecule has 3 aromatic rings. The van der Waals surface area contributed by atoms with Crippen LogP contribution in [0.5, 0.6) is 0 Å². The predicted octanol–water partition coefficient (Wildman–Crippen LogP) is 4.47. The van der Waals surface area contributed by atoms with Crippen LogP contribution in [0.4, 0.5) is 6.01 Å². The smallest absolute Gasteiger partial charge is 0.322 e. The minimum atomic E-state index is -0.161. The number of hydrogen-bond acceptors (Lipinski definition) is 5. The van der Waals surface area contributed by atoms with E-state index in [2.05, 4.69) is 34.6 Å². The molecule has 134 valence electrons. The van der Waals surface area contributed by atoms with Gasteiger partial charge in [0, 0.05) is 4.90 Å². The van der Waals surface area contributed by atoms with Gasteiger partial charge in [-0.1, -0.05) is 41.0 Å². The van der Waals surface area contributed by atoms with Crippen LogP contribution in [0.15, 0.2) is 51.8 Å². The van der Waals surface area contributed by atoms with Crippen LogP contribution in [0.3, 0.4) is 0 Å². The van der Waals surface area contributed by atoms with Crippen LogP contribution in [-0.2, 0) is 17.0 Å². The van der Waals surface area contributed by atoms with Crippen molar-refractivity contribution in [1.82, 2.24) is 10.2 Å². The van der Waals surface area contributed by atoms with Gasteiger partial charge in [0.2, 0.25) is 11.8 Å². The molecule has 0 radical (unpaired) electrons. The summed E-state index contributed by atoms with van der Waals surface area (Å²) in [7, 11) is 0. The molecule has 0 bridgehead atoms. The Kier molecular flexibility index (Phi) is 5.73. The normalized spacial score (nSPS) is 10.7. The van der Waals surface area contributed by atoms with E-state index in [4.69, 9.17) is 4.42 Å². The van der Waals surface area contributed by atoms with Crippen molar-refractivity contribution in [2.45, 2.75) is 37.8 Å². The average Bonchev–Trinajstić information content (AvgIpc) is 3.04. The third-order valence-electron chi connectivity index (χ3n) is 4.00. The SMILES string of the molecule is Cc1cc(C)c(CC(=O)Nc2nnc(CSc3ccccc3)o2)c(C)c1. The highest BCUT2D eigenvalue weighted by Crippen LogP contribution is 2.22. The molecule has 0 atom stereocenters. The second kappa shape index (κ2) is 8.19. The molecular weight excluding hydrogens is 346 g/mol. The standard InChI is InChI=1S/C20H21N3O2S/c1-13-9-14(2)17(15(3)10-13)11-18(24)21-20-23-22-19(25-20)12-26-16-7-5-4-6-8-16/h4-10H,11-12H2,1-3H3,(H,21,23,24). The number of nitrogens with zero attached hydrogens (tertiary/aromatic N) is 2. The van der Waals surface area contributed by atoms with Gasteiger partial charge in [0.15, 0.2) is 0 Å². The molecule has 1 heterocycles. The summed E-state index contributed by atoms with van der Waals surface area (Å²) in [5.74, 6) is 0.881. The zero-order valence-corrected chi connectivity index (χ0v) is 15.9. The Morgan fingerprint density at radius 3 is 2.46 bits per heavy atom. The van der Waals surface area contributed by atoms with Crippen LogP contribution in [0, 0.1) is 20.8 Å². The van der Waals surface area contributed by atoms with Crippen molar-refractivity contribution in [1.29, 1.82) is 0 Å². The number of aryl methyl sites for hydroxylation is 3. The van der Waals surface area contributed by atoms with Crippen molar-refractivity contribution in [2.75, 3.05) is 5.32 Å². The second-order valence-corrected chi connectivity index (χ2v) is 7.25. The summed E-state index contributed by atoms with van der Waals surface area (Å²) >= 11 is 1.60. The van der Waals surface area contributed by atoms with Gasteiger partial charge in [0.25, 0.3) is 0 Å². The van der Waals surface area contributed by atoms with E-state index < -0.39 is 0 Å². The van der Waals surface area contributed by atoms with Gasteiger partial charge in [-0.05, 0) is 49.6 Å². The zero-order chi connectivity index (χ0) is 18.5. The number of carbonyl (C=O) groups excluding carboxylic acids is 1. The molecule has 0 saturated carbocycles. The maximum Gasteiger partial charge on any atom is 0.322 e. The first-order valence-corrected chi connectivity index (χ1v) is 9.36. The molecule has 26 heavy (non-hydrogen) atoms. The Morgan fingerprint density at radius 2 is 1.77 bits per heavy atom. The summed E-state index contributed by atoms with van der Waals surface area (Å²) in [6.45, 7) is 6.10. The Labute approximate surface area is 157 Å². The summed E-state index contributed by atoms with van der Waals surface area (Å²) in [6, 6.07) is 14.3. The number of hydrogen-bond donors (Lipinski definition) is 1. The number of aromatic nitrogens is 2. The van der Waals surface area contributed by atoms with Gasteiger partial charge in [0.05, 0.1) is 12.2 Å². The van der Waals surface area contributed by atoms with Gasteiger partial charge in [-0.2, -0.15) is 0 Å². The fourth-order valence-corrected chi connectivity index (χ4v) is 3.59. The molecule has 5 nitrogen and oxygen atoms in total. The van der Waals surface area contributed by atoms with Crippen LogP contribution in [0.1, 0.15) is 28.1 Å². The summed E-state index contributed by atoms with van der Waals surface area (Å²) in [6.07, 6.45) is 0.286. The fourth-order valence-electron chi connectivity index (χ4n) is 2.84. The molecule has 2 aromatic carbocycles. The number of rotatable bonds is 6. The van der Waals surface area contributed by atoms with Crippen molar-refractivity contribution in [2.24, 2.45) is 0 Å². The van der Waals surface area contributed by atoms with Gasteiger partial charge in [0.1, 0.15) is 0 Å². The number of thioether (sulfide) groups is 1. The van der Waals surface area contributed by atoms with E-state index in [0.29, 0.717) is 11.6 Å². The van der Waals surface area contributed by atoms with E-state index in [1.165, 1.54) is 5.56 Å². The Morgan fingerprint density at radius 1 is 1.08 bits per heavy atom. The lowest BCUT2D eigenvalue weighted by Gasteiger charge is -2.10. The topological polar surface area (TPSA) is 68.0 Å². The summed E-state index contributed by atoms with van der Waals surface area (Å²) in [5.41, 5.74) is 4.46. The molecular formula is C20H21N3O2S. The molecule has 0 saturated heterocycles. The predicted molar refractivity (Wildman–Crippen MR) is 103 cm³/mol. The number of nitrogens with one attached hydrogen (secondary N) is 1. The highest BCUT2D eigenvalue weighted by Gasteiger charge is 2.13. The average molecular weight is 367 g/mol. The first-order chi connectivity index (χ1) is 12.5. The van der Waals surface area contributed by atoms with Crippen molar-refractivity contribution in [3.05, 3.63) is 70.6 Å². The third-order valence-corrected chi connectivity index (χ3v) is 4.99. The van der Waals surface area contributed by atoms with Crippen molar-refractivity contribution in [3.63, 3.8) is 0 Å². The molecule has 0 spiro atoms. The highest BCUT2D eigenvalue weighted by molar-refractivity contribution is 7.98. The summed E-state index contributed by atoms with van der Waals surface area (Å²) in [5, 5.41) is 10.6. The van der Waals surface area contributed by atoms with Gasteiger partial charge in [-0.15, -0.1) is 16.9 Å². The fraction of sp³-hybridized carbons (Fsp3) is 0.250. The minimum absolute atomic E-state index is 0.140. The Hall–Kier alpha value is -2.60. The Balaban J connectivity index is 1.58. The summed E-state index contributed by atoms with van der Waals surface area (Å²) < 4.78 is 5.52. The van der Waals surface area contributed by atoms with Crippen molar-refractivity contribution in [3.8, 4) is 0 Å². The maximum atomic E-state index is 12.3. The molecule has 0 fully saturated rings. The van der Waals surface area contributed by atoms with Gasteiger partial charge < -0.3 is 4.42 Å². The van der Waals surface area contributed by atoms with E-state index in [1.807, 2.05) is 44.2 Å². The number of benzene rings is 2. The molecule has 6 heteroatoms. The number of amides is 1. The van der Waals surface area contributed by atoms with E-state index in [9.17, 15) is 4.79 Å². The van der Waals surface area contributed by atoms with Crippen molar-refractivity contribution >= 4 is 23.7 Å². The first kappa shape index (κ1) is 18.2. The van der Waals surface area contributed by atoms with Crippen LogP contribution >= 0.6 is 11.8 Å². The van der Waals surface area contributed by atoms with E-state index >= 15 is 0 Å². The quantitative estimate of drug-likeness (QED) is 0.651. The van der Waals surface area contributed by atoms with Crippen LogP contribution in [-0.4, -0.2) is 16.1 Å². The molecule has 1 aromatic heterocycles. The first-order valence-electron chi connectivity index (χ1n) is 8.38. The van der Waals surface area contributed by atoms with Gasteiger partial charge >= 0.3 is 6.01 Å². The maximum absolute atomic E-state index is 12.3. The highest BCUT2D eigenvalue weighted by atomic mass is 32.2. The van der Waals surface area contributed by atoms with Crippen LogP contribution < -0.4 is 5.32 Å². The molecule has 1 N–H and O–H groups in total. The molecule has 0 aliphatic carbocycles. The lowest BCUT2D eigenvalue weighted by molar-refractivity contribution is -0.115. The summed E-state index contributed by atoms with van der Waals surface area (Å²) in [4.78, 5) is 13.4. The van der Waals surface area contributed by atoms with Gasteiger partial charge in [-0.25, -0.2) is 0 Å². The van der Waals surface area contributed by atoms with E-state index in [1.54, 1.807) is 11.8 Å². The van der Waals surface area contributed by atoms with Crippen molar-refractivity contribution < 1.29 is 9.21 Å². The number of anilines is 1. The molecule has 0 aliphatic rings. The minimum Gasteiger partial charge on any atom is -0.407 e. The lowest BCUT2D eigenvalue weighted by Crippen LogP contribution is -2.16. The lowest BCUT2D eigenvalue weighted by atomic mass is 9.97. The Bertz CT molecular complexity index is 883. The number of carbonyl (C=O) groups is 1. The molecule has 1 amide bonds. The third kappa shape index (κ3) is 4.73. The monoisotopic (exact) mass is 367 g/mol. The largest absolute Gasteiger partial charge is 0.407 e. The molecule has 3 rings (SSSR count). The molecule has 0 aliphatic heterocycles.